The Labute approximate surface area is 65.3 Å². The average molecular weight is 159 g/mol. The summed E-state index contributed by atoms with van der Waals surface area (Å²) >= 11 is 0. The van der Waals surface area contributed by atoms with Crippen LogP contribution in [0.25, 0.3) is 0 Å². The minimum absolute atomic E-state index is 0.0364. The molecule has 64 valence electrons. The van der Waals surface area contributed by atoms with E-state index < -0.39 is 5.97 Å². The average Bonchev–Trinajstić information content (AvgIpc) is 2.31. The van der Waals surface area contributed by atoms with Gasteiger partial charge in [-0.1, -0.05) is 0 Å². The Balaban J connectivity index is 2.20. The molecule has 0 aromatic heterocycles. The summed E-state index contributed by atoms with van der Waals surface area (Å²) in [5, 5.41) is 8.38. The van der Waals surface area contributed by atoms with E-state index in [1.807, 2.05) is 0 Å². The fourth-order valence-electron chi connectivity index (χ4n) is 1.22. The van der Waals surface area contributed by atoms with Gasteiger partial charge in [0.25, 0.3) is 0 Å². The Kier molecular flexibility index (Phi) is 2.84. The van der Waals surface area contributed by atoms with Gasteiger partial charge in [-0.2, -0.15) is 0 Å². The van der Waals surface area contributed by atoms with Gasteiger partial charge in [-0.3, -0.25) is 4.79 Å². The Morgan fingerprint density at radius 2 is 2.36 bits per heavy atom. The van der Waals surface area contributed by atoms with Gasteiger partial charge in [-0.05, 0) is 6.42 Å². The molecule has 1 rings (SSSR count). The molecule has 0 bridgehead atoms. The molecule has 1 saturated heterocycles. The lowest BCUT2D eigenvalue weighted by molar-refractivity contribution is -0.137. The van der Waals surface area contributed by atoms with Crippen LogP contribution in [0.4, 0.5) is 0 Å². The highest BCUT2D eigenvalue weighted by molar-refractivity contribution is 5.66. The number of nitrogens with two attached hydrogens (primary N) is 1. The van der Waals surface area contributed by atoms with E-state index in [1.54, 1.807) is 0 Å². The second-order valence-corrected chi connectivity index (χ2v) is 2.89. The van der Waals surface area contributed by atoms with E-state index in [0.717, 1.165) is 0 Å². The summed E-state index contributed by atoms with van der Waals surface area (Å²) in [7, 11) is 0. The maximum Gasteiger partial charge on any atom is 0.303 e. The SMILES string of the molecule is N[C@H]1COC[C@@H]1CCC(=O)O. The highest BCUT2D eigenvalue weighted by Crippen LogP contribution is 2.16. The molecule has 1 aliphatic heterocycles. The predicted molar refractivity (Wildman–Crippen MR) is 39.2 cm³/mol. The Hall–Kier alpha value is -0.610. The molecule has 1 fully saturated rings. The number of hydrogen-bond acceptors (Lipinski definition) is 3. The molecule has 1 heterocycles. The second kappa shape index (κ2) is 3.69. The van der Waals surface area contributed by atoms with E-state index >= 15 is 0 Å². The van der Waals surface area contributed by atoms with Crippen LogP contribution < -0.4 is 5.73 Å². The smallest absolute Gasteiger partial charge is 0.303 e. The van der Waals surface area contributed by atoms with E-state index in [4.69, 9.17) is 15.6 Å². The fourth-order valence-corrected chi connectivity index (χ4v) is 1.22. The van der Waals surface area contributed by atoms with Gasteiger partial charge in [0.15, 0.2) is 0 Å². The third-order valence-corrected chi connectivity index (χ3v) is 1.98. The zero-order chi connectivity index (χ0) is 8.27. The number of hydrogen-bond donors (Lipinski definition) is 2. The number of carboxylic acids is 1. The third-order valence-electron chi connectivity index (χ3n) is 1.98. The van der Waals surface area contributed by atoms with Crippen molar-refractivity contribution in [3.05, 3.63) is 0 Å². The molecule has 11 heavy (non-hydrogen) atoms. The van der Waals surface area contributed by atoms with Gasteiger partial charge >= 0.3 is 5.97 Å². The summed E-state index contributed by atoms with van der Waals surface area (Å²) < 4.78 is 5.08. The van der Waals surface area contributed by atoms with Crippen LogP contribution in [0.5, 0.6) is 0 Å². The first-order valence-corrected chi connectivity index (χ1v) is 3.75. The van der Waals surface area contributed by atoms with Crippen molar-refractivity contribution < 1.29 is 14.6 Å². The first-order chi connectivity index (χ1) is 5.20. The number of ether oxygens (including phenoxy) is 1. The standard InChI is InChI=1S/C7H13NO3/c8-6-4-11-3-5(6)1-2-7(9)10/h5-6H,1-4,8H2,(H,9,10)/t5-,6-/m0/s1. The normalized spacial score (nSPS) is 30.6. The summed E-state index contributed by atoms with van der Waals surface area (Å²) in [4.78, 5) is 10.2. The van der Waals surface area contributed by atoms with Crippen LogP contribution in [0.15, 0.2) is 0 Å². The van der Waals surface area contributed by atoms with Gasteiger partial charge in [-0.15, -0.1) is 0 Å². The first-order valence-electron chi connectivity index (χ1n) is 3.75. The van der Waals surface area contributed by atoms with E-state index in [2.05, 4.69) is 0 Å². The van der Waals surface area contributed by atoms with Gasteiger partial charge in [0.2, 0.25) is 0 Å². The molecule has 0 saturated carbocycles. The maximum atomic E-state index is 10.2. The van der Waals surface area contributed by atoms with Crippen molar-refractivity contribution in [1.29, 1.82) is 0 Å². The van der Waals surface area contributed by atoms with Crippen molar-refractivity contribution in [3.8, 4) is 0 Å². The van der Waals surface area contributed by atoms with Crippen LogP contribution in [0, 0.1) is 5.92 Å². The zero-order valence-electron chi connectivity index (χ0n) is 6.32. The molecule has 0 radical (unpaired) electrons. The Morgan fingerprint density at radius 3 is 2.82 bits per heavy atom. The number of aliphatic carboxylic acids is 1. The van der Waals surface area contributed by atoms with Crippen molar-refractivity contribution in [1.82, 2.24) is 0 Å². The van der Waals surface area contributed by atoms with Crippen LogP contribution >= 0.6 is 0 Å². The molecular weight excluding hydrogens is 146 g/mol. The van der Waals surface area contributed by atoms with Crippen LogP contribution in [0.3, 0.4) is 0 Å². The zero-order valence-corrected chi connectivity index (χ0v) is 6.32. The first kappa shape index (κ1) is 8.49. The molecule has 2 atom stereocenters. The molecule has 0 aromatic carbocycles. The lowest BCUT2D eigenvalue weighted by Gasteiger charge is -2.10. The minimum Gasteiger partial charge on any atom is -0.481 e. The van der Waals surface area contributed by atoms with Gasteiger partial charge in [0.05, 0.1) is 13.2 Å². The predicted octanol–water partition coefficient (Wildman–Crippen LogP) is -0.175. The van der Waals surface area contributed by atoms with Crippen molar-refractivity contribution in [2.75, 3.05) is 13.2 Å². The van der Waals surface area contributed by atoms with Gasteiger partial charge < -0.3 is 15.6 Å². The lowest BCUT2D eigenvalue weighted by Crippen LogP contribution is -2.28. The number of carboxylic acid groups (broad SMARTS) is 1. The Morgan fingerprint density at radius 1 is 1.64 bits per heavy atom. The highest BCUT2D eigenvalue weighted by Gasteiger charge is 2.24. The van der Waals surface area contributed by atoms with Gasteiger partial charge in [-0.25, -0.2) is 0 Å². The molecule has 0 aromatic rings. The van der Waals surface area contributed by atoms with Gasteiger partial charge in [0, 0.05) is 18.4 Å². The van der Waals surface area contributed by atoms with Crippen molar-refractivity contribution >= 4 is 5.97 Å². The second-order valence-electron chi connectivity index (χ2n) is 2.89. The molecule has 0 aliphatic carbocycles. The van der Waals surface area contributed by atoms with Crippen molar-refractivity contribution in [2.24, 2.45) is 11.7 Å². The summed E-state index contributed by atoms with van der Waals surface area (Å²) in [6.07, 6.45) is 0.832. The number of rotatable bonds is 3. The molecule has 1 aliphatic rings. The Bertz CT molecular complexity index is 149. The van der Waals surface area contributed by atoms with Crippen molar-refractivity contribution in [3.63, 3.8) is 0 Å². The van der Waals surface area contributed by atoms with E-state index in [9.17, 15) is 4.79 Å². The van der Waals surface area contributed by atoms with Gasteiger partial charge in [0.1, 0.15) is 0 Å². The van der Waals surface area contributed by atoms with E-state index in [1.165, 1.54) is 0 Å². The monoisotopic (exact) mass is 159 g/mol. The molecule has 0 spiro atoms. The summed E-state index contributed by atoms with van der Waals surface area (Å²) in [5.74, 6) is -0.518. The van der Waals surface area contributed by atoms with E-state index in [-0.39, 0.29) is 18.4 Å². The van der Waals surface area contributed by atoms with Crippen LogP contribution in [0.1, 0.15) is 12.8 Å². The largest absolute Gasteiger partial charge is 0.481 e. The quantitative estimate of drug-likeness (QED) is 0.599. The topological polar surface area (TPSA) is 72.5 Å². The number of carbonyl (C=O) groups is 1. The third kappa shape index (κ3) is 2.48. The van der Waals surface area contributed by atoms with E-state index in [0.29, 0.717) is 19.6 Å². The highest BCUT2D eigenvalue weighted by atomic mass is 16.5. The molecule has 0 unspecified atom stereocenters. The summed E-state index contributed by atoms with van der Waals surface area (Å²) in [5.41, 5.74) is 5.65. The van der Waals surface area contributed by atoms with Crippen LogP contribution in [-0.4, -0.2) is 30.3 Å². The molecule has 4 nitrogen and oxygen atoms in total. The van der Waals surface area contributed by atoms with Crippen molar-refractivity contribution in [2.45, 2.75) is 18.9 Å². The molecular formula is C7H13NO3. The molecule has 4 heteroatoms. The lowest BCUT2D eigenvalue weighted by atomic mass is 9.99. The molecule has 0 amide bonds. The molecule has 3 N–H and O–H groups in total. The fraction of sp³-hybridized carbons (Fsp3) is 0.857. The summed E-state index contributed by atoms with van der Waals surface area (Å²) in [6, 6.07) is 0.0364. The van der Waals surface area contributed by atoms with Crippen LogP contribution in [0.2, 0.25) is 0 Å². The minimum atomic E-state index is -0.760. The maximum absolute atomic E-state index is 10.2. The van der Waals surface area contributed by atoms with Crippen LogP contribution in [-0.2, 0) is 9.53 Å². The summed E-state index contributed by atoms with van der Waals surface area (Å²) in [6.45, 7) is 1.19.